The summed E-state index contributed by atoms with van der Waals surface area (Å²) in [6.45, 7) is 2.15. The molecule has 1 aromatic rings. The van der Waals surface area contributed by atoms with Crippen LogP contribution in [-0.4, -0.2) is 60.9 Å². The van der Waals surface area contributed by atoms with E-state index in [1.807, 2.05) is 4.90 Å². The number of piperazine rings is 1. The molecule has 1 heterocycles. The lowest BCUT2D eigenvalue weighted by Crippen LogP contribution is -2.51. The van der Waals surface area contributed by atoms with Crippen molar-refractivity contribution in [1.29, 1.82) is 0 Å². The van der Waals surface area contributed by atoms with Crippen LogP contribution in [0.15, 0.2) is 22.7 Å². The zero-order valence-electron chi connectivity index (χ0n) is 11.9. The number of hydrogen-bond acceptors (Lipinski definition) is 4. The minimum absolute atomic E-state index is 0.0453. The maximum atomic E-state index is 13.6. The average Bonchev–Trinajstić information content (AvgIpc) is 2.46. The molecule has 2 amide bonds. The first kappa shape index (κ1) is 16.7. The Balaban J connectivity index is 1.80. The van der Waals surface area contributed by atoms with Crippen LogP contribution in [0.5, 0.6) is 5.75 Å². The minimum atomic E-state index is -0.520. The summed E-state index contributed by atoms with van der Waals surface area (Å²) >= 11 is 3.15. The molecule has 6 nitrogen and oxygen atoms in total. The zero-order valence-corrected chi connectivity index (χ0v) is 13.5. The Kier molecular flexibility index (Phi) is 5.73. The first-order valence-corrected chi connectivity index (χ1v) is 7.61. The Labute approximate surface area is 136 Å². The Morgan fingerprint density at radius 2 is 1.95 bits per heavy atom. The van der Waals surface area contributed by atoms with Crippen molar-refractivity contribution < 1.29 is 18.7 Å². The lowest BCUT2D eigenvalue weighted by molar-refractivity contribution is -0.135. The molecule has 120 valence electrons. The van der Waals surface area contributed by atoms with Crippen molar-refractivity contribution in [2.75, 3.05) is 39.3 Å². The van der Waals surface area contributed by atoms with Gasteiger partial charge in [-0.3, -0.25) is 14.5 Å². The summed E-state index contributed by atoms with van der Waals surface area (Å²) in [6, 6.07) is 4.39. The summed E-state index contributed by atoms with van der Waals surface area (Å²) in [4.78, 5) is 26.4. The van der Waals surface area contributed by atoms with E-state index in [1.54, 1.807) is 11.0 Å². The zero-order chi connectivity index (χ0) is 16.1. The van der Waals surface area contributed by atoms with Crippen molar-refractivity contribution in [3.8, 4) is 5.75 Å². The largest absolute Gasteiger partial charge is 0.481 e. The fourth-order valence-corrected chi connectivity index (χ4v) is 2.53. The van der Waals surface area contributed by atoms with E-state index >= 15 is 0 Å². The van der Waals surface area contributed by atoms with Crippen LogP contribution in [0.2, 0.25) is 0 Å². The molecule has 0 unspecified atom stereocenters. The van der Waals surface area contributed by atoms with Gasteiger partial charge in [0, 0.05) is 30.7 Å². The summed E-state index contributed by atoms with van der Waals surface area (Å²) in [5.41, 5.74) is 5.13. The molecule has 0 saturated carbocycles. The molecule has 0 aromatic heterocycles. The smallest absolute Gasteiger partial charge is 0.260 e. The summed E-state index contributed by atoms with van der Waals surface area (Å²) in [7, 11) is 0. The molecule has 2 rings (SSSR count). The van der Waals surface area contributed by atoms with Gasteiger partial charge in [-0.1, -0.05) is 15.9 Å². The van der Waals surface area contributed by atoms with Gasteiger partial charge in [0.25, 0.3) is 5.91 Å². The molecule has 0 bridgehead atoms. The highest BCUT2D eigenvalue weighted by atomic mass is 79.9. The quantitative estimate of drug-likeness (QED) is 0.819. The van der Waals surface area contributed by atoms with E-state index in [0.717, 1.165) is 0 Å². The van der Waals surface area contributed by atoms with Crippen molar-refractivity contribution in [3.05, 3.63) is 28.5 Å². The Morgan fingerprint density at radius 1 is 1.27 bits per heavy atom. The van der Waals surface area contributed by atoms with Crippen molar-refractivity contribution in [3.63, 3.8) is 0 Å². The monoisotopic (exact) mass is 373 g/mol. The van der Waals surface area contributed by atoms with Gasteiger partial charge >= 0.3 is 0 Å². The van der Waals surface area contributed by atoms with Crippen LogP contribution >= 0.6 is 15.9 Å². The predicted octanol–water partition coefficient (Wildman–Crippen LogP) is 0.597. The molecule has 0 spiro atoms. The molecule has 0 atom stereocenters. The maximum absolute atomic E-state index is 13.6. The highest BCUT2D eigenvalue weighted by Gasteiger charge is 2.22. The summed E-state index contributed by atoms with van der Waals surface area (Å²) < 4.78 is 19.4. The van der Waals surface area contributed by atoms with E-state index in [4.69, 9.17) is 10.5 Å². The third-order valence-electron chi connectivity index (χ3n) is 3.35. The van der Waals surface area contributed by atoms with Crippen LogP contribution < -0.4 is 10.5 Å². The van der Waals surface area contributed by atoms with Crippen LogP contribution in [0.25, 0.3) is 0 Å². The number of primary amides is 1. The maximum Gasteiger partial charge on any atom is 0.260 e. The van der Waals surface area contributed by atoms with Crippen LogP contribution in [0.3, 0.4) is 0 Å². The van der Waals surface area contributed by atoms with E-state index in [1.165, 1.54) is 12.1 Å². The van der Waals surface area contributed by atoms with E-state index < -0.39 is 5.82 Å². The van der Waals surface area contributed by atoms with Gasteiger partial charge in [0.2, 0.25) is 5.91 Å². The second-order valence-electron chi connectivity index (χ2n) is 4.99. The van der Waals surface area contributed by atoms with E-state index in [0.29, 0.717) is 30.7 Å². The van der Waals surface area contributed by atoms with Gasteiger partial charge in [0.05, 0.1) is 6.54 Å². The highest BCUT2D eigenvalue weighted by Crippen LogP contribution is 2.21. The van der Waals surface area contributed by atoms with Gasteiger partial charge in [0.15, 0.2) is 18.2 Å². The first-order valence-electron chi connectivity index (χ1n) is 6.82. The number of nitrogens with zero attached hydrogens (tertiary/aromatic N) is 2. The van der Waals surface area contributed by atoms with Crippen molar-refractivity contribution >= 4 is 27.7 Å². The van der Waals surface area contributed by atoms with Crippen LogP contribution in [0, 0.1) is 5.82 Å². The molecule has 0 aliphatic carbocycles. The third-order valence-corrected chi connectivity index (χ3v) is 3.84. The molecule has 1 fully saturated rings. The van der Waals surface area contributed by atoms with Crippen LogP contribution in [0.4, 0.5) is 4.39 Å². The number of rotatable bonds is 5. The average molecular weight is 374 g/mol. The van der Waals surface area contributed by atoms with Gasteiger partial charge in [-0.05, 0) is 18.2 Å². The van der Waals surface area contributed by atoms with Gasteiger partial charge in [-0.25, -0.2) is 4.39 Å². The normalized spacial score (nSPS) is 15.6. The second-order valence-corrected chi connectivity index (χ2v) is 5.90. The molecule has 1 aliphatic heterocycles. The molecule has 0 radical (unpaired) electrons. The number of carbonyl (C=O) groups excluding carboxylic acids is 2. The fraction of sp³-hybridized carbons (Fsp3) is 0.429. The van der Waals surface area contributed by atoms with Crippen molar-refractivity contribution in [2.24, 2.45) is 5.73 Å². The third kappa shape index (κ3) is 4.67. The highest BCUT2D eigenvalue weighted by molar-refractivity contribution is 9.10. The lowest BCUT2D eigenvalue weighted by atomic mass is 10.3. The fourth-order valence-electron chi connectivity index (χ4n) is 2.20. The molecule has 8 heteroatoms. The SMILES string of the molecule is NC(=O)CN1CCN(C(=O)COc2ccc(Br)cc2F)CC1. The lowest BCUT2D eigenvalue weighted by Gasteiger charge is -2.33. The van der Waals surface area contributed by atoms with E-state index in [2.05, 4.69) is 15.9 Å². The summed E-state index contributed by atoms with van der Waals surface area (Å²) in [6.07, 6.45) is 0. The standard InChI is InChI=1S/C14H17BrFN3O3/c15-10-1-2-12(11(16)7-10)22-9-14(21)19-5-3-18(4-6-19)8-13(17)20/h1-2,7H,3-6,8-9H2,(H2,17,20). The number of amides is 2. The van der Waals surface area contributed by atoms with Gasteiger partial charge in [-0.2, -0.15) is 0 Å². The number of carbonyl (C=O) groups is 2. The number of nitrogens with two attached hydrogens (primary N) is 1. The van der Waals surface area contributed by atoms with Gasteiger partial charge < -0.3 is 15.4 Å². The van der Waals surface area contributed by atoms with Crippen LogP contribution in [0.1, 0.15) is 0 Å². The molecule has 22 heavy (non-hydrogen) atoms. The molecule has 2 N–H and O–H groups in total. The molecule has 1 aliphatic rings. The topological polar surface area (TPSA) is 75.9 Å². The van der Waals surface area contributed by atoms with Crippen molar-refractivity contribution in [2.45, 2.75) is 0 Å². The van der Waals surface area contributed by atoms with Gasteiger partial charge in [-0.15, -0.1) is 0 Å². The Hall–Kier alpha value is -1.67. The summed E-state index contributed by atoms with van der Waals surface area (Å²) in [5.74, 6) is -1.06. The Morgan fingerprint density at radius 3 is 2.55 bits per heavy atom. The molecule has 1 saturated heterocycles. The molecule has 1 aromatic carbocycles. The number of benzene rings is 1. The first-order chi connectivity index (χ1) is 10.5. The van der Waals surface area contributed by atoms with Gasteiger partial charge in [0.1, 0.15) is 0 Å². The molecular weight excluding hydrogens is 357 g/mol. The molecular formula is C14H17BrFN3O3. The van der Waals surface area contributed by atoms with Crippen LogP contribution in [-0.2, 0) is 9.59 Å². The minimum Gasteiger partial charge on any atom is -0.481 e. The number of hydrogen-bond donors (Lipinski definition) is 1. The second kappa shape index (κ2) is 7.55. The van der Waals surface area contributed by atoms with Crippen molar-refractivity contribution in [1.82, 2.24) is 9.80 Å². The van der Waals surface area contributed by atoms with E-state index in [9.17, 15) is 14.0 Å². The summed E-state index contributed by atoms with van der Waals surface area (Å²) in [5, 5.41) is 0. The predicted molar refractivity (Wildman–Crippen MR) is 81.8 cm³/mol. The number of ether oxygens (including phenoxy) is 1. The Bertz CT molecular complexity index is 562. The number of halogens is 2. The van der Waals surface area contributed by atoms with E-state index in [-0.39, 0.29) is 30.7 Å².